The van der Waals surface area contributed by atoms with E-state index in [1.165, 1.54) is 366 Å². The van der Waals surface area contributed by atoms with Gasteiger partial charge >= 0.3 is 19.8 Å². The molecule has 0 aliphatic rings. The Labute approximate surface area is 544 Å². The first kappa shape index (κ1) is 86.0. The molecule has 0 amide bonds. The first-order valence-electron chi connectivity index (χ1n) is 39.3. The first-order valence-corrected chi connectivity index (χ1v) is 40.8. The lowest BCUT2D eigenvalue weighted by Gasteiger charge is -2.24. The molecule has 0 aromatic rings. The van der Waals surface area contributed by atoms with Crippen molar-refractivity contribution in [3.8, 4) is 0 Å². The minimum Gasteiger partial charge on any atom is -0.462 e. The Kier molecular flexibility index (Phi) is 68.6. The summed E-state index contributed by atoms with van der Waals surface area (Å²) in [5, 5.41) is 0. The summed E-state index contributed by atoms with van der Waals surface area (Å²) < 4.78 is 34.8. The average Bonchev–Trinajstić information content (AvgIpc) is 3.50. The molecular formula is C77H155NO8P+. The third-order valence-corrected chi connectivity index (χ3v) is 19.4. The quantitative estimate of drug-likeness (QED) is 0.0278. The SMILES string of the molecule is CCCCCCCCCCCCCCCCCCCCCCCCCCCCCCCCCCCCCCCCCCCC(=O)OC(COC(=O)CCCCCCCCCCCCCCCCCCCCCCCC)COP(=O)(O)OCC[N+](C)(C)C. The Bertz CT molecular complexity index is 1420. The van der Waals surface area contributed by atoms with Crippen LogP contribution in [0.15, 0.2) is 0 Å². The van der Waals surface area contributed by atoms with Gasteiger partial charge in [0, 0.05) is 12.8 Å². The zero-order chi connectivity index (χ0) is 63.4. The minimum atomic E-state index is -4.39. The van der Waals surface area contributed by atoms with Crippen LogP contribution < -0.4 is 0 Å². The van der Waals surface area contributed by atoms with E-state index in [0.29, 0.717) is 17.4 Å². The molecule has 0 spiro atoms. The number of carbonyl (C=O) groups is 2. The van der Waals surface area contributed by atoms with E-state index < -0.39 is 26.5 Å². The maximum atomic E-state index is 12.9. The third-order valence-electron chi connectivity index (χ3n) is 18.4. The molecule has 520 valence electrons. The van der Waals surface area contributed by atoms with Crippen molar-refractivity contribution < 1.29 is 42.1 Å². The summed E-state index contributed by atoms with van der Waals surface area (Å²) >= 11 is 0. The van der Waals surface area contributed by atoms with E-state index in [-0.39, 0.29) is 25.6 Å². The molecule has 0 aromatic heterocycles. The summed E-state index contributed by atoms with van der Waals surface area (Å²) in [4.78, 5) is 35.9. The van der Waals surface area contributed by atoms with Gasteiger partial charge in [-0.3, -0.25) is 18.6 Å². The average molecular weight is 1250 g/mol. The number of hydrogen-bond acceptors (Lipinski definition) is 7. The number of phosphoric acid groups is 1. The van der Waals surface area contributed by atoms with E-state index in [1.807, 2.05) is 21.1 Å². The van der Waals surface area contributed by atoms with Gasteiger partial charge in [0.05, 0.1) is 27.7 Å². The molecule has 9 nitrogen and oxygen atoms in total. The number of likely N-dealkylation sites (N-methyl/N-ethyl adjacent to an activating group) is 1. The number of carbonyl (C=O) groups excluding carboxylic acids is 2. The predicted octanol–water partition coefficient (Wildman–Crippen LogP) is 25.7. The van der Waals surface area contributed by atoms with Gasteiger partial charge in [-0.05, 0) is 12.8 Å². The molecule has 10 heteroatoms. The van der Waals surface area contributed by atoms with Crippen LogP contribution in [0.3, 0.4) is 0 Å². The van der Waals surface area contributed by atoms with Crippen molar-refractivity contribution in [3.63, 3.8) is 0 Å². The lowest BCUT2D eigenvalue weighted by molar-refractivity contribution is -0.870. The number of esters is 2. The van der Waals surface area contributed by atoms with Crippen molar-refractivity contribution in [2.24, 2.45) is 0 Å². The lowest BCUT2D eigenvalue weighted by Crippen LogP contribution is -2.37. The maximum absolute atomic E-state index is 12.9. The van der Waals surface area contributed by atoms with Gasteiger partial charge in [-0.25, -0.2) is 4.57 Å². The molecule has 0 aromatic carbocycles. The van der Waals surface area contributed by atoms with E-state index >= 15 is 0 Å². The van der Waals surface area contributed by atoms with Gasteiger partial charge in [-0.15, -0.1) is 0 Å². The van der Waals surface area contributed by atoms with Crippen LogP contribution in [0, 0.1) is 0 Å². The van der Waals surface area contributed by atoms with Gasteiger partial charge < -0.3 is 18.9 Å². The summed E-state index contributed by atoms with van der Waals surface area (Å²) in [7, 11) is 1.51. The number of hydrogen-bond donors (Lipinski definition) is 1. The number of phosphoric ester groups is 1. The second-order valence-electron chi connectivity index (χ2n) is 28.5. The number of ether oxygens (including phenoxy) is 2. The van der Waals surface area contributed by atoms with Crippen molar-refractivity contribution in [1.82, 2.24) is 0 Å². The molecule has 0 rings (SSSR count). The second kappa shape index (κ2) is 69.4. The highest BCUT2D eigenvalue weighted by atomic mass is 31.2. The number of quaternary nitrogens is 1. The Morgan fingerprint density at radius 2 is 0.517 bits per heavy atom. The van der Waals surface area contributed by atoms with Gasteiger partial charge in [0.15, 0.2) is 6.10 Å². The highest BCUT2D eigenvalue weighted by molar-refractivity contribution is 7.47. The molecule has 0 heterocycles. The molecule has 0 radical (unpaired) electrons. The fourth-order valence-electron chi connectivity index (χ4n) is 12.4. The summed E-state index contributed by atoms with van der Waals surface area (Å²) in [6.07, 6.45) is 85.5. The van der Waals surface area contributed by atoms with Crippen LogP contribution >= 0.6 is 7.82 Å². The fraction of sp³-hybridized carbons (Fsp3) is 0.974. The van der Waals surface area contributed by atoms with Crippen molar-refractivity contribution >= 4 is 19.8 Å². The van der Waals surface area contributed by atoms with E-state index in [1.54, 1.807) is 0 Å². The Morgan fingerprint density at radius 3 is 0.736 bits per heavy atom. The van der Waals surface area contributed by atoms with Crippen molar-refractivity contribution in [1.29, 1.82) is 0 Å². The predicted molar refractivity (Wildman–Crippen MR) is 377 cm³/mol. The van der Waals surface area contributed by atoms with E-state index in [0.717, 1.165) is 38.5 Å². The zero-order valence-electron chi connectivity index (χ0n) is 59.6. The monoisotopic (exact) mass is 1250 g/mol. The lowest BCUT2D eigenvalue weighted by atomic mass is 10.0. The van der Waals surface area contributed by atoms with E-state index in [4.69, 9.17) is 18.5 Å². The van der Waals surface area contributed by atoms with Crippen LogP contribution in [0.25, 0.3) is 0 Å². The number of unbranched alkanes of at least 4 members (excludes halogenated alkanes) is 61. The zero-order valence-corrected chi connectivity index (χ0v) is 60.5. The largest absolute Gasteiger partial charge is 0.472 e. The highest BCUT2D eigenvalue weighted by Crippen LogP contribution is 2.43. The Balaban J connectivity index is 3.83. The van der Waals surface area contributed by atoms with E-state index in [9.17, 15) is 19.0 Å². The molecule has 2 atom stereocenters. The summed E-state index contributed by atoms with van der Waals surface area (Å²) in [6.45, 7) is 4.54. The maximum Gasteiger partial charge on any atom is 0.472 e. The topological polar surface area (TPSA) is 108 Å². The third kappa shape index (κ3) is 73.9. The van der Waals surface area contributed by atoms with Crippen LogP contribution in [0.1, 0.15) is 431 Å². The number of nitrogens with zero attached hydrogens (tertiary/aromatic N) is 1. The summed E-state index contributed by atoms with van der Waals surface area (Å²) in [5.74, 6) is -0.766. The van der Waals surface area contributed by atoms with Crippen molar-refractivity contribution in [3.05, 3.63) is 0 Å². The van der Waals surface area contributed by atoms with Crippen molar-refractivity contribution in [2.75, 3.05) is 47.5 Å². The van der Waals surface area contributed by atoms with Gasteiger partial charge in [-0.1, -0.05) is 406 Å². The van der Waals surface area contributed by atoms with Crippen LogP contribution in [0.4, 0.5) is 0 Å². The summed E-state index contributed by atoms with van der Waals surface area (Å²) in [6, 6.07) is 0. The molecule has 0 saturated heterocycles. The minimum absolute atomic E-state index is 0.0378. The molecule has 0 aliphatic carbocycles. The number of rotatable bonds is 75. The van der Waals surface area contributed by atoms with Crippen LogP contribution in [0.5, 0.6) is 0 Å². The standard InChI is InChI=1S/C77H154NO8P/c1-6-8-10-12-14-16-18-20-22-24-26-28-30-31-32-33-34-35-36-37-38-39-40-41-42-43-44-45-46-47-48-50-52-54-56-58-60-62-64-66-68-70-77(80)86-75(74-85-87(81,82)84-72-71-78(3,4)5)73-83-76(79)69-67-65-63-61-59-57-55-53-51-49-29-27-25-23-21-19-17-15-13-11-9-7-2/h75H,6-74H2,1-5H3/p+1. The second-order valence-corrected chi connectivity index (χ2v) is 29.9. The molecule has 0 aliphatic heterocycles. The van der Waals surface area contributed by atoms with Gasteiger partial charge in [0.25, 0.3) is 0 Å². The summed E-state index contributed by atoms with van der Waals surface area (Å²) in [5.41, 5.74) is 0. The molecule has 0 bridgehead atoms. The molecule has 1 N–H and O–H groups in total. The van der Waals surface area contributed by atoms with Gasteiger partial charge in [-0.2, -0.15) is 0 Å². The van der Waals surface area contributed by atoms with Crippen molar-refractivity contribution in [2.45, 2.75) is 437 Å². The molecule has 0 saturated carbocycles. The van der Waals surface area contributed by atoms with Gasteiger partial charge in [0.1, 0.15) is 19.8 Å². The fourth-order valence-corrected chi connectivity index (χ4v) is 13.1. The molecular weight excluding hydrogens is 1100 g/mol. The Hall–Kier alpha value is -0.990. The molecule has 2 unspecified atom stereocenters. The normalized spacial score (nSPS) is 12.9. The van der Waals surface area contributed by atoms with E-state index in [2.05, 4.69) is 13.8 Å². The highest BCUT2D eigenvalue weighted by Gasteiger charge is 2.27. The first-order chi connectivity index (χ1) is 42.5. The van der Waals surface area contributed by atoms with Crippen LogP contribution in [0.2, 0.25) is 0 Å². The smallest absolute Gasteiger partial charge is 0.462 e. The molecule has 0 fully saturated rings. The Morgan fingerprint density at radius 1 is 0.310 bits per heavy atom. The molecule has 87 heavy (non-hydrogen) atoms. The van der Waals surface area contributed by atoms with Gasteiger partial charge in [0.2, 0.25) is 0 Å². The van der Waals surface area contributed by atoms with Crippen LogP contribution in [-0.2, 0) is 32.7 Å². The van der Waals surface area contributed by atoms with Crippen LogP contribution in [-0.4, -0.2) is 74.9 Å².